The Bertz CT molecular complexity index is 170. The first kappa shape index (κ1) is 7.11. The van der Waals surface area contributed by atoms with Gasteiger partial charge in [0.25, 0.3) is 0 Å². The highest BCUT2D eigenvalue weighted by molar-refractivity contribution is 5.71. The number of halogens is 3. The summed E-state index contributed by atoms with van der Waals surface area (Å²) in [6.45, 7) is -0.194. The monoisotopic (exact) mass is 150 g/mol. The van der Waals surface area contributed by atoms with Gasteiger partial charge in [0, 0.05) is 6.21 Å². The molecule has 0 bridgehead atoms. The maximum Gasteiger partial charge on any atom is 0.500 e. The van der Waals surface area contributed by atoms with E-state index in [1.807, 2.05) is 0 Å². The highest BCUT2D eigenvalue weighted by Crippen LogP contribution is 2.21. The largest absolute Gasteiger partial charge is 0.500 e. The molecule has 1 heterocycles. The van der Waals surface area contributed by atoms with Gasteiger partial charge in [-0.05, 0) is 6.08 Å². The lowest BCUT2D eigenvalue weighted by Crippen LogP contribution is -2.34. The van der Waals surface area contributed by atoms with Gasteiger partial charge in [-0.25, -0.2) is 5.01 Å². The van der Waals surface area contributed by atoms with Crippen molar-refractivity contribution in [3.05, 3.63) is 12.2 Å². The number of hydrazone groups is 1. The molecule has 0 aromatic rings. The Labute approximate surface area is 55.6 Å². The molecule has 0 N–H and O–H groups in total. The molecule has 1 aliphatic heterocycles. The molecule has 0 fully saturated rings. The second-order valence-corrected chi connectivity index (χ2v) is 1.74. The van der Waals surface area contributed by atoms with E-state index in [0.717, 1.165) is 6.21 Å². The molecular formula is C5H5F3N2. The molecule has 0 spiro atoms. The van der Waals surface area contributed by atoms with Crippen LogP contribution in [0.2, 0.25) is 0 Å². The van der Waals surface area contributed by atoms with Gasteiger partial charge in [-0.1, -0.05) is 6.08 Å². The fourth-order valence-corrected chi connectivity index (χ4v) is 0.557. The minimum atomic E-state index is -4.35. The van der Waals surface area contributed by atoms with Gasteiger partial charge in [-0.2, -0.15) is 5.10 Å². The molecule has 0 aromatic heterocycles. The summed E-state index contributed by atoms with van der Waals surface area (Å²) in [7, 11) is 0. The lowest BCUT2D eigenvalue weighted by Gasteiger charge is -2.20. The summed E-state index contributed by atoms with van der Waals surface area (Å²) in [6, 6.07) is 0. The van der Waals surface area contributed by atoms with E-state index in [9.17, 15) is 13.2 Å². The summed E-state index contributed by atoms with van der Waals surface area (Å²) in [5.74, 6) is 0. The number of hydrogen-bond acceptors (Lipinski definition) is 2. The highest BCUT2D eigenvalue weighted by Gasteiger charge is 2.36. The lowest BCUT2D eigenvalue weighted by molar-refractivity contribution is -0.242. The Kier molecular flexibility index (Phi) is 1.65. The third-order valence-electron chi connectivity index (χ3n) is 0.999. The van der Waals surface area contributed by atoms with Gasteiger partial charge in [-0.3, -0.25) is 0 Å². The van der Waals surface area contributed by atoms with E-state index >= 15 is 0 Å². The first-order chi connectivity index (χ1) is 4.61. The number of rotatable bonds is 0. The van der Waals surface area contributed by atoms with E-state index in [1.165, 1.54) is 12.2 Å². The SMILES string of the molecule is FC(F)(F)N1CC=CC=N1. The fraction of sp³-hybridized carbons (Fsp3) is 0.400. The standard InChI is InChI=1S/C5H5F3N2/c6-5(7,8)10-4-2-1-3-9-10/h1-3H,4H2. The van der Waals surface area contributed by atoms with Crippen molar-refractivity contribution < 1.29 is 13.2 Å². The van der Waals surface area contributed by atoms with Crippen molar-refractivity contribution in [2.75, 3.05) is 6.54 Å². The highest BCUT2D eigenvalue weighted by atomic mass is 19.4. The quantitative estimate of drug-likeness (QED) is 0.476. The van der Waals surface area contributed by atoms with Crippen molar-refractivity contribution >= 4 is 6.21 Å². The third-order valence-corrected chi connectivity index (χ3v) is 0.999. The Morgan fingerprint density at radius 1 is 1.40 bits per heavy atom. The summed E-state index contributed by atoms with van der Waals surface area (Å²) in [4.78, 5) is 0. The molecule has 0 saturated carbocycles. The minimum absolute atomic E-state index is 0.0625. The average molecular weight is 150 g/mol. The van der Waals surface area contributed by atoms with Gasteiger partial charge in [-0.15, -0.1) is 13.2 Å². The zero-order chi connectivity index (χ0) is 7.61. The van der Waals surface area contributed by atoms with E-state index in [2.05, 4.69) is 5.10 Å². The summed E-state index contributed by atoms with van der Waals surface area (Å²) >= 11 is 0. The molecule has 2 nitrogen and oxygen atoms in total. The van der Waals surface area contributed by atoms with E-state index in [0.29, 0.717) is 0 Å². The average Bonchev–Trinajstić information content (AvgIpc) is 1.88. The van der Waals surface area contributed by atoms with E-state index in [-0.39, 0.29) is 11.6 Å². The molecule has 1 aliphatic rings. The Morgan fingerprint density at radius 2 is 2.10 bits per heavy atom. The van der Waals surface area contributed by atoms with Gasteiger partial charge in [0.2, 0.25) is 0 Å². The van der Waals surface area contributed by atoms with Crippen molar-refractivity contribution in [2.24, 2.45) is 5.10 Å². The van der Waals surface area contributed by atoms with Gasteiger partial charge in [0.15, 0.2) is 0 Å². The van der Waals surface area contributed by atoms with Crippen LogP contribution in [0.4, 0.5) is 13.2 Å². The van der Waals surface area contributed by atoms with Crippen LogP contribution in [-0.4, -0.2) is 24.1 Å². The van der Waals surface area contributed by atoms with Crippen molar-refractivity contribution in [2.45, 2.75) is 6.30 Å². The van der Waals surface area contributed by atoms with Gasteiger partial charge < -0.3 is 0 Å². The second-order valence-electron chi connectivity index (χ2n) is 1.74. The number of hydrogen-bond donors (Lipinski definition) is 0. The smallest absolute Gasteiger partial charge is 0.201 e. The molecule has 1 rings (SSSR count). The molecule has 0 aliphatic carbocycles. The summed E-state index contributed by atoms with van der Waals surface area (Å²) in [5.41, 5.74) is 0. The van der Waals surface area contributed by atoms with Crippen molar-refractivity contribution in [1.29, 1.82) is 0 Å². The number of alkyl halides is 3. The van der Waals surface area contributed by atoms with E-state index < -0.39 is 6.30 Å². The van der Waals surface area contributed by atoms with Crippen LogP contribution in [0.15, 0.2) is 17.3 Å². The predicted molar refractivity (Wildman–Crippen MR) is 30.4 cm³/mol. The zero-order valence-corrected chi connectivity index (χ0v) is 4.97. The first-order valence-corrected chi connectivity index (χ1v) is 2.64. The van der Waals surface area contributed by atoms with Gasteiger partial charge >= 0.3 is 6.30 Å². The van der Waals surface area contributed by atoms with Crippen molar-refractivity contribution in [3.63, 3.8) is 0 Å². The summed E-state index contributed by atoms with van der Waals surface area (Å²) < 4.78 is 35.2. The third kappa shape index (κ3) is 1.49. The molecule has 5 heteroatoms. The molecule has 0 radical (unpaired) electrons. The second kappa shape index (κ2) is 2.32. The summed E-state index contributed by atoms with van der Waals surface area (Å²) in [5, 5.41) is 3.16. The zero-order valence-electron chi connectivity index (χ0n) is 4.97. The van der Waals surface area contributed by atoms with Gasteiger partial charge in [0.05, 0.1) is 6.54 Å². The lowest BCUT2D eigenvalue weighted by atomic mass is 10.5. The molecule has 0 amide bonds. The molecule has 0 aromatic carbocycles. The number of nitrogens with zero attached hydrogens (tertiary/aromatic N) is 2. The van der Waals surface area contributed by atoms with Crippen LogP contribution >= 0.6 is 0 Å². The van der Waals surface area contributed by atoms with Crippen LogP contribution in [0.25, 0.3) is 0 Å². The minimum Gasteiger partial charge on any atom is -0.201 e. The molecule has 0 unspecified atom stereocenters. The van der Waals surface area contributed by atoms with E-state index in [4.69, 9.17) is 0 Å². The van der Waals surface area contributed by atoms with Crippen LogP contribution in [-0.2, 0) is 0 Å². The van der Waals surface area contributed by atoms with Crippen molar-refractivity contribution in [3.8, 4) is 0 Å². The molecular weight excluding hydrogens is 145 g/mol. The van der Waals surface area contributed by atoms with Crippen LogP contribution in [0.5, 0.6) is 0 Å². The van der Waals surface area contributed by atoms with Gasteiger partial charge in [0.1, 0.15) is 0 Å². The fourth-order valence-electron chi connectivity index (χ4n) is 0.557. The Balaban J connectivity index is 2.60. The Morgan fingerprint density at radius 3 is 2.40 bits per heavy atom. The molecule has 10 heavy (non-hydrogen) atoms. The first-order valence-electron chi connectivity index (χ1n) is 2.64. The maximum absolute atomic E-state index is 11.7. The van der Waals surface area contributed by atoms with Crippen LogP contribution in [0.3, 0.4) is 0 Å². The summed E-state index contributed by atoms with van der Waals surface area (Å²) in [6.07, 6.45) is -0.374. The molecule has 0 saturated heterocycles. The number of allylic oxidation sites excluding steroid dienone is 1. The van der Waals surface area contributed by atoms with Crippen LogP contribution < -0.4 is 0 Å². The topological polar surface area (TPSA) is 15.6 Å². The maximum atomic E-state index is 11.7. The van der Waals surface area contributed by atoms with E-state index in [1.54, 1.807) is 0 Å². The Hall–Kier alpha value is -1.00. The van der Waals surface area contributed by atoms with Crippen LogP contribution in [0, 0.1) is 0 Å². The predicted octanol–water partition coefficient (Wildman–Crippen LogP) is 1.36. The molecule has 0 atom stereocenters. The van der Waals surface area contributed by atoms with Crippen LogP contribution in [0.1, 0.15) is 0 Å². The van der Waals surface area contributed by atoms with Crippen molar-refractivity contribution in [1.82, 2.24) is 5.01 Å². The molecule has 56 valence electrons. The normalized spacial score (nSPS) is 18.1.